The summed E-state index contributed by atoms with van der Waals surface area (Å²) in [6.07, 6.45) is 10.9. The van der Waals surface area contributed by atoms with Crippen LogP contribution in [0.2, 0.25) is 0 Å². The third kappa shape index (κ3) is 12.0. The van der Waals surface area contributed by atoms with E-state index in [4.69, 9.17) is 33.0 Å². The molecule has 0 bridgehead atoms. The molecule has 0 unspecified atom stereocenters. The molecule has 1 saturated heterocycles. The summed E-state index contributed by atoms with van der Waals surface area (Å²) in [4.78, 5) is 18.5. The lowest BCUT2D eigenvalue weighted by Crippen LogP contribution is -2.47. The molecule has 2 heterocycles. The Morgan fingerprint density at radius 2 is 1.70 bits per heavy atom. The van der Waals surface area contributed by atoms with Gasteiger partial charge in [0.15, 0.2) is 11.9 Å². The molecule has 0 N–H and O–H groups in total. The number of nitrogens with zero attached hydrogens (tertiary/aromatic N) is 5. The number of ether oxygens (including phenoxy) is 3. The number of hydrogen-bond acceptors (Lipinski definition) is 13. The fourth-order valence-electron chi connectivity index (χ4n) is 5.88. The zero-order chi connectivity index (χ0) is 43.1. The van der Waals surface area contributed by atoms with Crippen LogP contribution in [0.25, 0.3) is 6.08 Å². The van der Waals surface area contributed by atoms with Crippen molar-refractivity contribution in [2.24, 2.45) is 0 Å². The van der Waals surface area contributed by atoms with Crippen molar-refractivity contribution in [3.63, 3.8) is 0 Å². The van der Waals surface area contributed by atoms with E-state index in [1.54, 1.807) is 25.2 Å². The highest BCUT2D eigenvalue weighted by atomic mass is 32.2. The van der Waals surface area contributed by atoms with E-state index in [1.165, 1.54) is 83.7 Å². The van der Waals surface area contributed by atoms with Gasteiger partial charge in [-0.05, 0) is 61.0 Å². The van der Waals surface area contributed by atoms with Gasteiger partial charge >= 0.3 is 13.8 Å². The summed E-state index contributed by atoms with van der Waals surface area (Å²) < 4.78 is 93.8. The highest BCUT2D eigenvalue weighted by Gasteiger charge is 2.47. The lowest BCUT2D eigenvalue weighted by atomic mass is 9.89. The van der Waals surface area contributed by atoms with Crippen LogP contribution >= 0.6 is 19.6 Å². The maximum absolute atomic E-state index is 16.1. The van der Waals surface area contributed by atoms with Crippen molar-refractivity contribution >= 4 is 31.6 Å². The van der Waals surface area contributed by atoms with Crippen molar-refractivity contribution in [1.82, 2.24) is 14.8 Å². The number of halogens is 3. The zero-order valence-electron chi connectivity index (χ0n) is 32.2. The number of thioether (sulfide) groups is 1. The standard InChI is InChI=1S/C42H39F3N5O8PS/c1-4-16-55-59(52,56-17-5-2)57-23-33-18-30(21-46)11-14-36(33)41(51)58-42(26-50-28-48-27-49-50,37-15-13-34(43)20-39(37)45)29(3)60-35-24-53-40(54-25-35)9-7-6-8-32-12-10-31(22-47)19-38(32)44/h4-15,18-20,27-29,35,40H,1-2,16-17,23-26H2,3H3/b8-6+,9-7+/t29-,35-,40-,42-/m1/s1. The highest BCUT2D eigenvalue weighted by Crippen LogP contribution is 2.50. The van der Waals surface area contributed by atoms with E-state index in [0.29, 0.717) is 11.6 Å². The number of benzene rings is 3. The zero-order valence-corrected chi connectivity index (χ0v) is 33.9. The average Bonchev–Trinajstić information content (AvgIpc) is 3.76. The first-order valence-electron chi connectivity index (χ1n) is 18.2. The van der Waals surface area contributed by atoms with E-state index in [9.17, 15) is 23.4 Å². The van der Waals surface area contributed by atoms with Crippen molar-refractivity contribution in [3.05, 3.63) is 162 Å². The van der Waals surface area contributed by atoms with Gasteiger partial charge < -0.3 is 14.2 Å². The number of nitriles is 2. The minimum Gasteiger partial charge on any atom is -0.447 e. The Bertz CT molecular complexity index is 2330. The molecular formula is C42H39F3N5O8PS. The average molecular weight is 862 g/mol. The number of carbonyl (C=O) groups is 1. The van der Waals surface area contributed by atoms with Gasteiger partial charge in [-0.2, -0.15) is 15.6 Å². The molecule has 0 saturated carbocycles. The predicted octanol–water partition coefficient (Wildman–Crippen LogP) is 8.35. The molecule has 0 radical (unpaired) electrons. The fourth-order valence-corrected chi connectivity index (χ4v) is 8.33. The number of hydrogen-bond donors (Lipinski definition) is 0. The summed E-state index contributed by atoms with van der Waals surface area (Å²) in [6.45, 7) is 7.83. The van der Waals surface area contributed by atoms with Crippen LogP contribution in [0.5, 0.6) is 0 Å². The molecule has 18 heteroatoms. The third-order valence-electron chi connectivity index (χ3n) is 8.79. The van der Waals surface area contributed by atoms with Crippen LogP contribution in [0.15, 0.2) is 111 Å². The van der Waals surface area contributed by atoms with Gasteiger partial charge in [0.1, 0.15) is 30.1 Å². The minimum atomic E-state index is -4.24. The maximum Gasteiger partial charge on any atom is 0.475 e. The van der Waals surface area contributed by atoms with Gasteiger partial charge in [-0.15, -0.1) is 24.9 Å². The van der Waals surface area contributed by atoms with Crippen molar-refractivity contribution in [2.45, 2.75) is 42.5 Å². The summed E-state index contributed by atoms with van der Waals surface area (Å²) in [6, 6.07) is 14.9. The van der Waals surface area contributed by atoms with E-state index in [1.807, 2.05) is 12.1 Å². The van der Waals surface area contributed by atoms with E-state index in [0.717, 1.165) is 12.1 Å². The normalized spacial score (nSPS) is 17.1. The smallest absolute Gasteiger partial charge is 0.447 e. The molecule has 0 aliphatic carbocycles. The third-order valence-corrected chi connectivity index (χ3v) is 11.6. The second-order valence-electron chi connectivity index (χ2n) is 12.9. The first kappa shape index (κ1) is 45.5. The number of carbonyl (C=O) groups excluding carboxylic acids is 1. The minimum absolute atomic E-state index is 0.0586. The summed E-state index contributed by atoms with van der Waals surface area (Å²) >= 11 is 1.26. The van der Waals surface area contributed by atoms with Crippen molar-refractivity contribution in [1.29, 1.82) is 10.5 Å². The Kier molecular flexibility index (Phi) is 16.4. The molecule has 1 aromatic heterocycles. The van der Waals surface area contributed by atoms with E-state index >= 15 is 4.39 Å². The number of esters is 1. The molecular weight excluding hydrogens is 823 g/mol. The Labute approximate surface area is 348 Å². The van der Waals surface area contributed by atoms with Crippen molar-refractivity contribution in [2.75, 3.05) is 26.4 Å². The van der Waals surface area contributed by atoms with Crippen molar-refractivity contribution < 1.29 is 50.3 Å². The van der Waals surface area contributed by atoms with Crippen LogP contribution in [0.3, 0.4) is 0 Å². The summed E-state index contributed by atoms with van der Waals surface area (Å²) in [5, 5.41) is 21.6. The summed E-state index contributed by atoms with van der Waals surface area (Å²) in [5.74, 6) is -3.41. The van der Waals surface area contributed by atoms with E-state index < -0.39 is 55.0 Å². The van der Waals surface area contributed by atoms with Gasteiger partial charge in [0.2, 0.25) is 0 Å². The number of allylic oxidation sites excluding steroid dienone is 2. The first-order valence-corrected chi connectivity index (χ1v) is 20.6. The molecule has 60 heavy (non-hydrogen) atoms. The van der Waals surface area contributed by atoms with Crippen LogP contribution < -0.4 is 0 Å². The maximum atomic E-state index is 16.1. The van der Waals surface area contributed by atoms with E-state index in [2.05, 4.69) is 23.2 Å². The monoisotopic (exact) mass is 861 g/mol. The van der Waals surface area contributed by atoms with Gasteiger partial charge in [0.05, 0.1) is 73.7 Å². The molecule has 4 aromatic rings. The number of rotatable bonds is 20. The van der Waals surface area contributed by atoms with Gasteiger partial charge in [-0.1, -0.05) is 36.4 Å². The predicted molar refractivity (Wildman–Crippen MR) is 215 cm³/mol. The molecule has 3 aromatic carbocycles. The number of aromatic nitrogens is 3. The number of phosphoric acid groups is 1. The molecule has 0 amide bonds. The lowest BCUT2D eigenvalue weighted by Gasteiger charge is -2.40. The fraction of sp³-hybridized carbons (Fsp3) is 0.262. The second-order valence-corrected chi connectivity index (χ2v) is 16.2. The van der Waals surface area contributed by atoms with Gasteiger partial charge in [0, 0.05) is 22.4 Å². The van der Waals surface area contributed by atoms with Crippen molar-refractivity contribution in [3.8, 4) is 12.1 Å². The molecule has 1 aliphatic rings. The molecule has 1 aliphatic heterocycles. The quantitative estimate of drug-likeness (QED) is 0.0360. The first-order chi connectivity index (χ1) is 28.9. The van der Waals surface area contributed by atoms with Gasteiger partial charge in [-0.3, -0.25) is 13.6 Å². The Morgan fingerprint density at radius 1 is 1.00 bits per heavy atom. The molecule has 5 rings (SSSR count). The SMILES string of the molecule is C=CCOP(=O)(OCC=C)OCc1cc(C#N)ccc1C(=O)O[C@@](Cn1cncn1)(c1ccc(F)cc1F)[C@@H](C)S[C@H]1CO[C@H](/C=C/C=C/c2ccc(C#N)cc2F)OC1. The molecule has 13 nitrogen and oxygen atoms in total. The molecule has 0 spiro atoms. The second kappa shape index (κ2) is 21.6. The van der Waals surface area contributed by atoms with Crippen LogP contribution in [0.1, 0.15) is 45.1 Å². The Balaban J connectivity index is 1.42. The van der Waals surface area contributed by atoms with Crippen LogP contribution in [0, 0.1) is 40.1 Å². The molecule has 312 valence electrons. The highest BCUT2D eigenvalue weighted by molar-refractivity contribution is 8.00. The van der Waals surface area contributed by atoms with Crippen LogP contribution in [-0.2, 0) is 51.1 Å². The summed E-state index contributed by atoms with van der Waals surface area (Å²) in [5.41, 5.74) is -1.55. The van der Waals surface area contributed by atoms with Gasteiger partial charge in [-0.25, -0.2) is 32.2 Å². The van der Waals surface area contributed by atoms with Crippen LogP contribution in [0.4, 0.5) is 13.2 Å². The van der Waals surface area contributed by atoms with E-state index in [-0.39, 0.29) is 66.0 Å². The summed E-state index contributed by atoms with van der Waals surface area (Å²) in [7, 11) is -4.24. The Hall–Kier alpha value is -5.62. The van der Waals surface area contributed by atoms with Crippen LogP contribution in [-0.4, -0.2) is 64.0 Å². The topological polar surface area (TPSA) is 168 Å². The van der Waals surface area contributed by atoms with Gasteiger partial charge in [0.25, 0.3) is 0 Å². The molecule has 1 fully saturated rings. The molecule has 2 atom stereocenters. The lowest BCUT2D eigenvalue weighted by molar-refractivity contribution is -0.146. The Morgan fingerprint density at radius 3 is 2.33 bits per heavy atom. The largest absolute Gasteiger partial charge is 0.475 e. The number of phosphoric ester groups is 1.